The van der Waals surface area contributed by atoms with Crippen LogP contribution in [0.3, 0.4) is 0 Å². The average molecular weight is 424 g/mol. The van der Waals surface area contributed by atoms with Gasteiger partial charge >= 0.3 is 6.03 Å². The van der Waals surface area contributed by atoms with Crippen LogP contribution in [0.2, 0.25) is 0 Å². The summed E-state index contributed by atoms with van der Waals surface area (Å²) in [4.78, 5) is 37.3. The summed E-state index contributed by atoms with van der Waals surface area (Å²) >= 11 is 0. The number of carbonyl (C=O) groups is 3. The third kappa shape index (κ3) is 5.05. The fourth-order valence-electron chi connectivity index (χ4n) is 3.36. The number of carbonyl (C=O) groups excluding carboxylic acids is 3. The molecule has 2 aromatic rings. The number of hydrogen-bond donors (Lipinski definition) is 2. The Labute approximate surface area is 182 Å². The van der Waals surface area contributed by atoms with Gasteiger partial charge < -0.3 is 10.1 Å². The lowest BCUT2D eigenvalue weighted by molar-refractivity contribution is -0.139. The van der Waals surface area contributed by atoms with E-state index in [0.717, 1.165) is 10.8 Å². The molecular formula is C24H29N3O4. The van der Waals surface area contributed by atoms with E-state index in [2.05, 4.69) is 31.5 Å². The van der Waals surface area contributed by atoms with E-state index in [9.17, 15) is 14.4 Å². The van der Waals surface area contributed by atoms with Crippen molar-refractivity contribution in [3.8, 4) is 5.75 Å². The van der Waals surface area contributed by atoms with Gasteiger partial charge in [-0.05, 0) is 42.0 Å². The molecule has 1 atom stereocenters. The van der Waals surface area contributed by atoms with Gasteiger partial charge in [0.1, 0.15) is 11.3 Å². The molecule has 31 heavy (non-hydrogen) atoms. The summed E-state index contributed by atoms with van der Waals surface area (Å²) in [6.07, 6.45) is 0.575. The summed E-state index contributed by atoms with van der Waals surface area (Å²) < 4.78 is 5.69. The normalized spacial score (nSPS) is 18.6. The number of nitrogens with zero attached hydrogens (tertiary/aromatic N) is 1. The molecule has 1 aliphatic rings. The highest BCUT2D eigenvalue weighted by atomic mass is 16.5. The molecule has 0 radical (unpaired) electrons. The first-order chi connectivity index (χ1) is 14.6. The number of urea groups is 1. The largest absolute Gasteiger partial charge is 0.494 e. The third-order valence-corrected chi connectivity index (χ3v) is 5.32. The molecule has 2 N–H and O–H groups in total. The Morgan fingerprint density at radius 2 is 1.71 bits per heavy atom. The van der Waals surface area contributed by atoms with Crippen LogP contribution in [0.15, 0.2) is 54.6 Å². The molecule has 1 aliphatic heterocycles. The fraction of sp³-hybridized carbons (Fsp3) is 0.375. The summed E-state index contributed by atoms with van der Waals surface area (Å²) in [6.45, 7) is 8.41. The molecule has 0 unspecified atom stereocenters. The Bertz CT molecular complexity index is 951. The van der Waals surface area contributed by atoms with E-state index in [0.29, 0.717) is 18.6 Å². The molecule has 0 aromatic heterocycles. The van der Waals surface area contributed by atoms with Crippen LogP contribution in [0.5, 0.6) is 5.75 Å². The molecule has 1 heterocycles. The Kier molecular flexibility index (Phi) is 6.34. The van der Waals surface area contributed by atoms with Gasteiger partial charge in [-0.3, -0.25) is 15.0 Å². The molecule has 4 amide bonds. The predicted molar refractivity (Wildman–Crippen MR) is 117 cm³/mol. The maximum atomic E-state index is 12.8. The Hall–Kier alpha value is -3.35. The maximum Gasteiger partial charge on any atom is 0.344 e. The van der Waals surface area contributed by atoms with Crippen LogP contribution in [0, 0.1) is 0 Å². The van der Waals surface area contributed by atoms with Crippen LogP contribution in [0.1, 0.15) is 51.7 Å². The fourth-order valence-corrected chi connectivity index (χ4v) is 3.36. The number of hydrogen-bond acceptors (Lipinski definition) is 4. The van der Waals surface area contributed by atoms with E-state index >= 15 is 0 Å². The minimum Gasteiger partial charge on any atom is -0.494 e. The van der Waals surface area contributed by atoms with Gasteiger partial charge in [-0.2, -0.15) is 5.01 Å². The lowest BCUT2D eigenvalue weighted by atomic mass is 9.87. The second-order valence-corrected chi connectivity index (χ2v) is 8.82. The van der Waals surface area contributed by atoms with E-state index in [1.54, 1.807) is 31.2 Å². The molecule has 1 saturated heterocycles. The van der Waals surface area contributed by atoms with E-state index in [1.165, 1.54) is 5.56 Å². The van der Waals surface area contributed by atoms with Gasteiger partial charge in [0.2, 0.25) is 5.91 Å². The molecule has 1 fully saturated rings. The number of benzene rings is 2. The monoisotopic (exact) mass is 423 g/mol. The van der Waals surface area contributed by atoms with Crippen LogP contribution in [-0.2, 0) is 20.5 Å². The summed E-state index contributed by atoms with van der Waals surface area (Å²) in [5.74, 6) is -0.208. The standard InChI is InChI=1S/C24H29N3O4/c1-23(2,3)17-12-14-19(15-13-17)31-16-8-11-20(28)26-27-21(29)24(4,25-22(27)30)18-9-6-5-7-10-18/h5-7,9-10,12-15H,8,11,16H2,1-4H3,(H,25,30)(H,26,28)/t24-/m1/s1. The maximum absolute atomic E-state index is 12.8. The highest BCUT2D eigenvalue weighted by Crippen LogP contribution is 2.28. The molecule has 164 valence electrons. The number of ether oxygens (including phenoxy) is 1. The molecule has 0 aliphatic carbocycles. The van der Waals surface area contributed by atoms with Crippen molar-refractivity contribution in [2.24, 2.45) is 0 Å². The smallest absolute Gasteiger partial charge is 0.344 e. The van der Waals surface area contributed by atoms with Crippen molar-refractivity contribution in [1.29, 1.82) is 0 Å². The molecule has 0 spiro atoms. The number of rotatable bonds is 7. The lowest BCUT2D eigenvalue weighted by Gasteiger charge is -2.22. The number of hydrazine groups is 1. The van der Waals surface area contributed by atoms with Gasteiger partial charge in [-0.15, -0.1) is 0 Å². The molecule has 3 rings (SSSR count). The van der Waals surface area contributed by atoms with Gasteiger partial charge in [0.15, 0.2) is 0 Å². The summed E-state index contributed by atoms with van der Waals surface area (Å²) in [7, 11) is 0. The highest BCUT2D eigenvalue weighted by Gasteiger charge is 2.49. The van der Waals surface area contributed by atoms with Crippen molar-refractivity contribution >= 4 is 17.8 Å². The Balaban J connectivity index is 1.48. The minimum atomic E-state index is -1.21. The topological polar surface area (TPSA) is 87.7 Å². The van der Waals surface area contributed by atoms with Gasteiger partial charge in [0.25, 0.3) is 5.91 Å². The van der Waals surface area contributed by atoms with Gasteiger partial charge in [0, 0.05) is 6.42 Å². The number of amides is 4. The molecular weight excluding hydrogens is 394 g/mol. The Morgan fingerprint density at radius 3 is 2.32 bits per heavy atom. The second kappa shape index (κ2) is 8.79. The van der Waals surface area contributed by atoms with Crippen LogP contribution in [0.25, 0.3) is 0 Å². The predicted octanol–water partition coefficient (Wildman–Crippen LogP) is 3.64. The first-order valence-electron chi connectivity index (χ1n) is 10.4. The molecule has 7 heteroatoms. The summed E-state index contributed by atoms with van der Waals surface area (Å²) in [6, 6.07) is 16.2. The van der Waals surface area contributed by atoms with E-state index in [4.69, 9.17) is 4.74 Å². The van der Waals surface area contributed by atoms with Gasteiger partial charge in [0.05, 0.1) is 6.61 Å². The van der Waals surface area contributed by atoms with E-state index in [1.807, 2.05) is 30.3 Å². The molecule has 0 saturated carbocycles. The number of imide groups is 1. The first kappa shape index (κ1) is 22.3. The summed E-state index contributed by atoms with van der Waals surface area (Å²) in [5, 5.41) is 3.40. The van der Waals surface area contributed by atoms with Crippen molar-refractivity contribution in [2.75, 3.05) is 6.61 Å². The first-order valence-corrected chi connectivity index (χ1v) is 10.4. The van der Waals surface area contributed by atoms with E-state index in [-0.39, 0.29) is 11.8 Å². The van der Waals surface area contributed by atoms with Crippen molar-refractivity contribution in [3.63, 3.8) is 0 Å². The average Bonchev–Trinajstić information content (AvgIpc) is 2.95. The SMILES string of the molecule is CC(C)(C)c1ccc(OCCCC(=O)NN2C(=O)N[C@](C)(c3ccccc3)C2=O)cc1. The quantitative estimate of drug-likeness (QED) is 0.526. The Morgan fingerprint density at radius 1 is 1.06 bits per heavy atom. The van der Waals surface area contributed by atoms with Crippen LogP contribution >= 0.6 is 0 Å². The van der Waals surface area contributed by atoms with Crippen molar-refractivity contribution in [1.82, 2.24) is 15.8 Å². The molecule has 2 aromatic carbocycles. The van der Waals surface area contributed by atoms with E-state index < -0.39 is 23.4 Å². The zero-order valence-electron chi connectivity index (χ0n) is 18.4. The zero-order chi connectivity index (χ0) is 22.6. The van der Waals surface area contributed by atoms with Crippen LogP contribution in [0.4, 0.5) is 4.79 Å². The van der Waals surface area contributed by atoms with Crippen molar-refractivity contribution in [2.45, 2.75) is 51.5 Å². The minimum absolute atomic E-state index is 0.0759. The third-order valence-electron chi connectivity index (χ3n) is 5.32. The second-order valence-electron chi connectivity index (χ2n) is 8.82. The molecule has 7 nitrogen and oxygen atoms in total. The van der Waals surface area contributed by atoms with Crippen LogP contribution in [-0.4, -0.2) is 29.5 Å². The molecule has 0 bridgehead atoms. The van der Waals surface area contributed by atoms with Crippen LogP contribution < -0.4 is 15.5 Å². The zero-order valence-corrected chi connectivity index (χ0v) is 18.4. The van der Waals surface area contributed by atoms with Gasteiger partial charge in [-0.25, -0.2) is 4.79 Å². The lowest BCUT2D eigenvalue weighted by Crippen LogP contribution is -2.47. The summed E-state index contributed by atoms with van der Waals surface area (Å²) in [5.41, 5.74) is 3.13. The van der Waals surface area contributed by atoms with Gasteiger partial charge in [-0.1, -0.05) is 63.2 Å². The number of nitrogens with one attached hydrogen (secondary N) is 2. The van der Waals surface area contributed by atoms with Crippen molar-refractivity contribution < 1.29 is 19.1 Å². The van der Waals surface area contributed by atoms with Crippen molar-refractivity contribution in [3.05, 3.63) is 65.7 Å². The highest BCUT2D eigenvalue weighted by molar-refractivity contribution is 6.08.